The van der Waals surface area contributed by atoms with Gasteiger partial charge < -0.3 is 5.11 Å². The van der Waals surface area contributed by atoms with Gasteiger partial charge in [0, 0.05) is 17.1 Å². The number of halogens is 1. The first-order chi connectivity index (χ1) is 10.6. The Morgan fingerprint density at radius 1 is 1.36 bits per heavy atom. The average molecular weight is 381 g/mol. The van der Waals surface area contributed by atoms with Crippen LogP contribution in [-0.4, -0.2) is 32.4 Å². The number of aryl methyl sites for hydroxylation is 1. The Morgan fingerprint density at radius 3 is 2.68 bits per heavy atom. The van der Waals surface area contributed by atoms with Gasteiger partial charge in [0.1, 0.15) is 0 Å². The standard InChI is InChI=1S/C16H17BrN2O2S/c1-19-15(9-14(18-19)16(20)21)11-2-3-12(13(17)8-11)10-4-6-22-7-5-10/h2-3,8-10H,4-7H2,1H3,(H,20,21). The van der Waals surface area contributed by atoms with Crippen LogP contribution in [0.3, 0.4) is 0 Å². The Morgan fingerprint density at radius 2 is 2.09 bits per heavy atom. The van der Waals surface area contributed by atoms with Crippen LogP contribution >= 0.6 is 27.7 Å². The number of aromatic carboxylic acids is 1. The monoisotopic (exact) mass is 380 g/mol. The quantitative estimate of drug-likeness (QED) is 0.868. The van der Waals surface area contributed by atoms with Crippen molar-refractivity contribution in [2.24, 2.45) is 7.05 Å². The summed E-state index contributed by atoms with van der Waals surface area (Å²) in [6, 6.07) is 7.90. The molecule has 0 aliphatic carbocycles. The van der Waals surface area contributed by atoms with Crippen LogP contribution in [0.2, 0.25) is 0 Å². The number of thioether (sulfide) groups is 1. The summed E-state index contributed by atoms with van der Waals surface area (Å²) in [5.74, 6) is 2.06. The van der Waals surface area contributed by atoms with Gasteiger partial charge in [0.2, 0.25) is 0 Å². The molecule has 1 aliphatic rings. The molecule has 2 aromatic rings. The van der Waals surface area contributed by atoms with Crippen LogP contribution < -0.4 is 0 Å². The van der Waals surface area contributed by atoms with E-state index in [9.17, 15) is 4.79 Å². The fourth-order valence-corrected chi connectivity index (χ4v) is 4.68. The van der Waals surface area contributed by atoms with E-state index < -0.39 is 5.97 Å². The highest BCUT2D eigenvalue weighted by Gasteiger charge is 2.19. The number of hydrogen-bond donors (Lipinski definition) is 1. The van der Waals surface area contributed by atoms with Crippen molar-refractivity contribution in [3.05, 3.63) is 40.0 Å². The summed E-state index contributed by atoms with van der Waals surface area (Å²) >= 11 is 5.71. The second-order valence-corrected chi connectivity index (χ2v) is 7.55. The summed E-state index contributed by atoms with van der Waals surface area (Å²) in [4.78, 5) is 11.0. The number of nitrogens with zero attached hydrogens (tertiary/aromatic N) is 2. The molecule has 0 amide bonds. The highest BCUT2D eigenvalue weighted by molar-refractivity contribution is 9.10. The maximum Gasteiger partial charge on any atom is 0.356 e. The highest BCUT2D eigenvalue weighted by atomic mass is 79.9. The van der Waals surface area contributed by atoms with Gasteiger partial charge in [-0.05, 0) is 48.0 Å². The Balaban J connectivity index is 1.93. The summed E-state index contributed by atoms with van der Waals surface area (Å²) in [6.07, 6.45) is 2.44. The molecule has 1 saturated heterocycles. The normalized spacial score (nSPS) is 15.9. The van der Waals surface area contributed by atoms with E-state index >= 15 is 0 Å². The van der Waals surface area contributed by atoms with E-state index in [1.165, 1.54) is 29.9 Å². The molecule has 6 heteroatoms. The number of carboxylic acid groups (broad SMARTS) is 1. The third-order valence-electron chi connectivity index (χ3n) is 4.06. The van der Waals surface area contributed by atoms with Crippen molar-refractivity contribution in [2.75, 3.05) is 11.5 Å². The number of hydrogen-bond acceptors (Lipinski definition) is 3. The minimum atomic E-state index is -1.00. The van der Waals surface area contributed by atoms with Crippen molar-refractivity contribution >= 4 is 33.7 Å². The lowest BCUT2D eigenvalue weighted by Gasteiger charge is -2.23. The number of benzene rings is 1. The summed E-state index contributed by atoms with van der Waals surface area (Å²) in [5, 5.41) is 13.1. The maximum absolute atomic E-state index is 11.0. The van der Waals surface area contributed by atoms with Gasteiger partial charge in [0.25, 0.3) is 0 Å². The third kappa shape index (κ3) is 3.08. The van der Waals surface area contributed by atoms with Gasteiger partial charge in [0.15, 0.2) is 5.69 Å². The molecule has 4 nitrogen and oxygen atoms in total. The van der Waals surface area contributed by atoms with Gasteiger partial charge in [-0.25, -0.2) is 4.79 Å². The molecular weight excluding hydrogens is 364 g/mol. The molecule has 0 unspecified atom stereocenters. The Hall–Kier alpha value is -1.27. The Labute approximate surface area is 142 Å². The zero-order chi connectivity index (χ0) is 15.7. The lowest BCUT2D eigenvalue weighted by atomic mass is 9.92. The van der Waals surface area contributed by atoms with Gasteiger partial charge in [-0.3, -0.25) is 4.68 Å². The topological polar surface area (TPSA) is 55.1 Å². The Kier molecular flexibility index (Phi) is 4.59. The molecule has 0 bridgehead atoms. The number of carbonyl (C=O) groups is 1. The second-order valence-electron chi connectivity index (χ2n) is 5.47. The molecule has 1 fully saturated rings. The maximum atomic E-state index is 11.0. The van der Waals surface area contributed by atoms with Crippen molar-refractivity contribution in [3.63, 3.8) is 0 Å². The minimum Gasteiger partial charge on any atom is -0.476 e. The van der Waals surface area contributed by atoms with Gasteiger partial charge in [0.05, 0.1) is 5.69 Å². The number of carboxylic acids is 1. The number of aromatic nitrogens is 2. The van der Waals surface area contributed by atoms with Crippen molar-refractivity contribution < 1.29 is 9.90 Å². The summed E-state index contributed by atoms with van der Waals surface area (Å²) in [6.45, 7) is 0. The van der Waals surface area contributed by atoms with Gasteiger partial charge in [-0.15, -0.1) is 0 Å². The van der Waals surface area contributed by atoms with E-state index in [0.29, 0.717) is 5.92 Å². The molecule has 1 aliphatic heterocycles. The molecule has 1 N–H and O–H groups in total. The molecule has 0 spiro atoms. The molecule has 22 heavy (non-hydrogen) atoms. The molecule has 3 rings (SSSR count). The highest BCUT2D eigenvalue weighted by Crippen LogP contribution is 2.37. The van der Waals surface area contributed by atoms with Crippen LogP contribution in [0.1, 0.15) is 34.8 Å². The first-order valence-electron chi connectivity index (χ1n) is 7.21. The van der Waals surface area contributed by atoms with E-state index in [4.69, 9.17) is 5.11 Å². The molecule has 1 aromatic carbocycles. The lowest BCUT2D eigenvalue weighted by Crippen LogP contribution is -2.08. The Bertz CT molecular complexity index is 708. The summed E-state index contributed by atoms with van der Waals surface area (Å²) in [5.41, 5.74) is 3.21. The van der Waals surface area contributed by atoms with Gasteiger partial charge in [-0.2, -0.15) is 16.9 Å². The molecule has 0 atom stereocenters. The van der Waals surface area contributed by atoms with E-state index in [2.05, 4.69) is 39.2 Å². The minimum absolute atomic E-state index is 0.0713. The molecule has 116 valence electrons. The smallest absolute Gasteiger partial charge is 0.356 e. The van der Waals surface area contributed by atoms with Crippen molar-refractivity contribution in [1.29, 1.82) is 0 Å². The van der Waals surface area contributed by atoms with Crippen molar-refractivity contribution in [1.82, 2.24) is 9.78 Å². The van der Waals surface area contributed by atoms with Crippen LogP contribution in [0.5, 0.6) is 0 Å². The predicted octanol–water partition coefficient (Wildman–Crippen LogP) is 4.16. The second kappa shape index (κ2) is 6.46. The van der Waals surface area contributed by atoms with Crippen LogP contribution in [-0.2, 0) is 7.05 Å². The third-order valence-corrected chi connectivity index (χ3v) is 5.79. The van der Waals surface area contributed by atoms with E-state index in [-0.39, 0.29) is 5.69 Å². The van der Waals surface area contributed by atoms with Crippen LogP contribution in [0.4, 0.5) is 0 Å². The van der Waals surface area contributed by atoms with E-state index in [1.54, 1.807) is 17.8 Å². The molecule has 1 aromatic heterocycles. The van der Waals surface area contributed by atoms with Crippen molar-refractivity contribution in [3.8, 4) is 11.3 Å². The first kappa shape index (κ1) is 15.6. The fraction of sp³-hybridized carbons (Fsp3) is 0.375. The van der Waals surface area contributed by atoms with Gasteiger partial charge in [-0.1, -0.05) is 28.1 Å². The van der Waals surface area contributed by atoms with Crippen LogP contribution in [0, 0.1) is 0 Å². The first-order valence-corrected chi connectivity index (χ1v) is 9.16. The average Bonchev–Trinajstić information content (AvgIpc) is 2.90. The zero-order valence-electron chi connectivity index (χ0n) is 12.3. The largest absolute Gasteiger partial charge is 0.476 e. The SMILES string of the molecule is Cn1nc(C(=O)O)cc1-c1ccc(C2CCSCC2)c(Br)c1. The summed E-state index contributed by atoms with van der Waals surface area (Å²) in [7, 11) is 1.77. The molecule has 0 saturated carbocycles. The van der Waals surface area contributed by atoms with Crippen LogP contribution in [0.15, 0.2) is 28.7 Å². The number of rotatable bonds is 3. The molecule has 2 heterocycles. The predicted molar refractivity (Wildman–Crippen MR) is 92.6 cm³/mol. The van der Waals surface area contributed by atoms with Gasteiger partial charge >= 0.3 is 5.97 Å². The fourth-order valence-electron chi connectivity index (χ4n) is 2.87. The lowest BCUT2D eigenvalue weighted by molar-refractivity contribution is 0.0689. The van der Waals surface area contributed by atoms with E-state index in [1.807, 2.05) is 11.8 Å². The zero-order valence-corrected chi connectivity index (χ0v) is 14.7. The molecular formula is C16H17BrN2O2S. The summed E-state index contributed by atoms with van der Waals surface area (Å²) < 4.78 is 2.71. The molecule has 0 radical (unpaired) electrons. The van der Waals surface area contributed by atoms with Crippen molar-refractivity contribution in [2.45, 2.75) is 18.8 Å². The van der Waals surface area contributed by atoms with E-state index in [0.717, 1.165) is 15.7 Å². The van der Waals surface area contributed by atoms with Crippen LogP contribution in [0.25, 0.3) is 11.3 Å².